The molecular formula is C14H15N3O4. The Labute approximate surface area is 121 Å². The summed E-state index contributed by atoms with van der Waals surface area (Å²) in [6, 6.07) is 7.57. The molecule has 7 nitrogen and oxygen atoms in total. The second-order valence-electron chi connectivity index (χ2n) is 4.53. The fraction of sp³-hybridized carbons (Fsp3) is 0.214. The molecule has 1 aromatic heterocycles. The number of anilines is 1. The van der Waals surface area contributed by atoms with E-state index in [9.17, 15) is 20.0 Å². The van der Waals surface area contributed by atoms with Crippen LogP contribution in [0.15, 0.2) is 42.7 Å². The highest BCUT2D eigenvalue weighted by atomic mass is 16.6. The maximum Gasteiger partial charge on any atom is 0.312 e. The van der Waals surface area contributed by atoms with Crippen LogP contribution in [0.25, 0.3) is 0 Å². The molecule has 0 radical (unpaired) electrons. The van der Waals surface area contributed by atoms with E-state index in [1.54, 1.807) is 0 Å². The van der Waals surface area contributed by atoms with Crippen molar-refractivity contribution in [1.29, 1.82) is 0 Å². The Balaban J connectivity index is 1.87. The smallest absolute Gasteiger partial charge is 0.312 e. The lowest BCUT2D eigenvalue weighted by Crippen LogP contribution is -2.12. The molecular weight excluding hydrogens is 274 g/mol. The van der Waals surface area contributed by atoms with E-state index in [-0.39, 0.29) is 5.91 Å². The zero-order chi connectivity index (χ0) is 15.2. The molecule has 1 aromatic carbocycles. The number of hydrogen-bond acceptors (Lipinski definition) is 4. The van der Waals surface area contributed by atoms with Gasteiger partial charge in [0.15, 0.2) is 5.75 Å². The number of nitrogens with zero attached hydrogens (tertiary/aromatic N) is 2. The highest BCUT2D eigenvalue weighted by Crippen LogP contribution is 2.28. The monoisotopic (exact) mass is 289 g/mol. The summed E-state index contributed by atoms with van der Waals surface area (Å²) in [6.45, 7) is 0.732. The van der Waals surface area contributed by atoms with E-state index in [1.165, 1.54) is 12.1 Å². The standard InChI is InChI=1S/C14H15N3O4/c18-13-6-5-11(10-12(13)17(20)21)15-14(19)4-3-9-16-7-1-2-8-16/h1-2,5-8,10,18H,3-4,9H2,(H,15,19). The average Bonchev–Trinajstić information content (AvgIpc) is 2.94. The molecule has 0 fully saturated rings. The first-order valence-corrected chi connectivity index (χ1v) is 6.44. The van der Waals surface area contributed by atoms with Gasteiger partial charge in [-0.2, -0.15) is 0 Å². The topological polar surface area (TPSA) is 97.4 Å². The molecule has 0 spiro atoms. The summed E-state index contributed by atoms with van der Waals surface area (Å²) in [5.74, 6) is -0.646. The molecule has 0 bridgehead atoms. The third-order valence-corrected chi connectivity index (χ3v) is 2.94. The molecule has 2 rings (SSSR count). The minimum Gasteiger partial charge on any atom is -0.502 e. The summed E-state index contributed by atoms with van der Waals surface area (Å²) in [5, 5.41) is 22.6. The third-order valence-electron chi connectivity index (χ3n) is 2.94. The van der Waals surface area contributed by atoms with Crippen molar-refractivity contribution in [3.63, 3.8) is 0 Å². The van der Waals surface area contributed by atoms with Gasteiger partial charge in [0.2, 0.25) is 5.91 Å². The Morgan fingerprint density at radius 2 is 2.05 bits per heavy atom. The number of aryl methyl sites for hydroxylation is 1. The maximum absolute atomic E-state index is 11.8. The molecule has 0 saturated heterocycles. The quantitative estimate of drug-likeness (QED) is 0.485. The molecule has 21 heavy (non-hydrogen) atoms. The molecule has 0 atom stereocenters. The Morgan fingerprint density at radius 3 is 2.71 bits per heavy atom. The number of benzene rings is 1. The number of rotatable bonds is 6. The predicted octanol–water partition coefficient (Wildman–Crippen LogP) is 2.52. The molecule has 0 aliphatic rings. The van der Waals surface area contributed by atoms with E-state index < -0.39 is 16.4 Å². The number of phenolic OH excluding ortho intramolecular Hbond substituents is 1. The van der Waals surface area contributed by atoms with E-state index in [0.29, 0.717) is 18.5 Å². The van der Waals surface area contributed by atoms with Crippen molar-refractivity contribution >= 4 is 17.3 Å². The van der Waals surface area contributed by atoms with Crippen LogP contribution in [0.4, 0.5) is 11.4 Å². The number of aromatic nitrogens is 1. The molecule has 0 saturated carbocycles. The van der Waals surface area contributed by atoms with Crippen LogP contribution in [-0.2, 0) is 11.3 Å². The third kappa shape index (κ3) is 4.07. The molecule has 1 amide bonds. The second-order valence-corrected chi connectivity index (χ2v) is 4.53. The van der Waals surface area contributed by atoms with Crippen LogP contribution in [0.5, 0.6) is 5.75 Å². The van der Waals surface area contributed by atoms with Gasteiger partial charge in [-0.15, -0.1) is 0 Å². The van der Waals surface area contributed by atoms with Crippen molar-refractivity contribution in [3.8, 4) is 5.75 Å². The lowest BCUT2D eigenvalue weighted by Gasteiger charge is -2.06. The zero-order valence-corrected chi connectivity index (χ0v) is 11.2. The lowest BCUT2D eigenvalue weighted by molar-refractivity contribution is -0.385. The van der Waals surface area contributed by atoms with Gasteiger partial charge in [0.1, 0.15) is 0 Å². The van der Waals surface area contributed by atoms with Gasteiger partial charge >= 0.3 is 5.69 Å². The minimum atomic E-state index is -0.697. The van der Waals surface area contributed by atoms with Gasteiger partial charge < -0.3 is 15.0 Å². The van der Waals surface area contributed by atoms with E-state index in [0.717, 1.165) is 12.6 Å². The maximum atomic E-state index is 11.8. The lowest BCUT2D eigenvalue weighted by atomic mass is 10.2. The van der Waals surface area contributed by atoms with Gasteiger partial charge in [-0.05, 0) is 30.7 Å². The van der Waals surface area contributed by atoms with Crippen molar-refractivity contribution in [1.82, 2.24) is 4.57 Å². The summed E-state index contributed by atoms with van der Waals surface area (Å²) in [6.07, 6.45) is 4.82. The zero-order valence-electron chi connectivity index (χ0n) is 11.2. The van der Waals surface area contributed by atoms with Crippen LogP contribution >= 0.6 is 0 Å². The van der Waals surface area contributed by atoms with E-state index >= 15 is 0 Å². The molecule has 0 unspecified atom stereocenters. The average molecular weight is 289 g/mol. The van der Waals surface area contributed by atoms with Crippen LogP contribution < -0.4 is 5.32 Å². The number of nitro benzene ring substituents is 1. The number of carbonyl (C=O) groups is 1. The van der Waals surface area contributed by atoms with Gasteiger partial charge in [-0.1, -0.05) is 0 Å². The summed E-state index contributed by atoms with van der Waals surface area (Å²) >= 11 is 0. The van der Waals surface area contributed by atoms with Gasteiger partial charge in [0, 0.05) is 37.1 Å². The SMILES string of the molecule is O=C(CCCn1cccc1)Nc1ccc(O)c([N+](=O)[O-])c1. The van der Waals surface area contributed by atoms with E-state index in [1.807, 2.05) is 29.1 Å². The number of nitro groups is 1. The normalized spacial score (nSPS) is 10.3. The van der Waals surface area contributed by atoms with Gasteiger partial charge in [0.25, 0.3) is 0 Å². The van der Waals surface area contributed by atoms with Crippen molar-refractivity contribution in [3.05, 3.63) is 52.8 Å². The second kappa shape index (κ2) is 6.56. The first kappa shape index (κ1) is 14.6. The number of nitrogens with one attached hydrogen (secondary N) is 1. The van der Waals surface area contributed by atoms with Crippen molar-refractivity contribution < 1.29 is 14.8 Å². The highest BCUT2D eigenvalue weighted by molar-refractivity contribution is 5.91. The van der Waals surface area contributed by atoms with Crippen LogP contribution in [0, 0.1) is 10.1 Å². The van der Waals surface area contributed by atoms with E-state index in [4.69, 9.17) is 0 Å². The Bertz CT molecular complexity index is 638. The Morgan fingerprint density at radius 1 is 1.33 bits per heavy atom. The molecule has 1 heterocycles. The first-order valence-electron chi connectivity index (χ1n) is 6.44. The summed E-state index contributed by atoms with van der Waals surface area (Å²) in [4.78, 5) is 21.8. The fourth-order valence-corrected chi connectivity index (χ4v) is 1.91. The van der Waals surface area contributed by atoms with Crippen LogP contribution in [-0.4, -0.2) is 20.5 Å². The molecule has 2 aromatic rings. The van der Waals surface area contributed by atoms with Crippen molar-refractivity contribution in [2.24, 2.45) is 0 Å². The molecule has 7 heteroatoms. The number of aromatic hydroxyl groups is 1. The number of amides is 1. The van der Waals surface area contributed by atoms with E-state index in [2.05, 4.69) is 5.32 Å². The van der Waals surface area contributed by atoms with Crippen LogP contribution in [0.2, 0.25) is 0 Å². The molecule has 0 aliphatic heterocycles. The van der Waals surface area contributed by atoms with Gasteiger partial charge in [-0.3, -0.25) is 14.9 Å². The number of carbonyl (C=O) groups excluding carboxylic acids is 1. The summed E-state index contributed by atoms with van der Waals surface area (Å²) < 4.78 is 1.97. The van der Waals surface area contributed by atoms with Gasteiger partial charge in [-0.25, -0.2) is 0 Å². The van der Waals surface area contributed by atoms with Crippen LogP contribution in [0.3, 0.4) is 0 Å². The summed E-state index contributed by atoms with van der Waals surface area (Å²) in [7, 11) is 0. The number of hydrogen-bond donors (Lipinski definition) is 2. The highest BCUT2D eigenvalue weighted by Gasteiger charge is 2.14. The summed E-state index contributed by atoms with van der Waals surface area (Å²) in [5.41, 5.74) is -0.134. The number of phenols is 1. The Kier molecular flexibility index (Phi) is 4.55. The van der Waals surface area contributed by atoms with Gasteiger partial charge in [0.05, 0.1) is 4.92 Å². The minimum absolute atomic E-state index is 0.220. The molecule has 2 N–H and O–H groups in total. The van der Waals surface area contributed by atoms with Crippen molar-refractivity contribution in [2.45, 2.75) is 19.4 Å². The molecule has 0 aliphatic carbocycles. The largest absolute Gasteiger partial charge is 0.502 e. The fourth-order valence-electron chi connectivity index (χ4n) is 1.91. The first-order chi connectivity index (χ1) is 10.1. The van der Waals surface area contributed by atoms with Crippen molar-refractivity contribution in [2.75, 3.05) is 5.32 Å². The Hall–Kier alpha value is -2.83. The molecule has 110 valence electrons. The van der Waals surface area contributed by atoms with Crippen LogP contribution in [0.1, 0.15) is 12.8 Å². The predicted molar refractivity (Wildman–Crippen MR) is 77.1 cm³/mol.